The number of furan rings is 6. The van der Waals surface area contributed by atoms with E-state index in [1.54, 1.807) is 54.8 Å². The number of thiazole rings is 1. The SMILES string of the molecule is C1=Cc2[nH]ccc2C1.C1=Cc2occc2C1.c1cc2occc2o1.c1ccc2[nH]ccc2c1.c1ccc2c(c1)Cc1ccoc1-2.c1ccc2c(c1)ccc1cccnc12.c1ccc2c(c1)oc1ccccc12.c1ccc2occc2c1.c1ccc2ocnc2c1.c1ccc2scnc2c1. The van der Waals surface area contributed by atoms with Crippen LogP contribution in [0.3, 0.4) is 0 Å². The number of H-pyrrole nitrogens is 2. The summed E-state index contributed by atoms with van der Waals surface area (Å²) in [6.45, 7) is 0. The Morgan fingerprint density at radius 3 is 1.74 bits per heavy atom. The van der Waals surface area contributed by atoms with E-state index in [9.17, 15) is 0 Å². The predicted octanol–water partition coefficient (Wildman–Crippen LogP) is 24.0. The quantitative estimate of drug-likeness (QED) is 0.140. The van der Waals surface area contributed by atoms with E-state index >= 15 is 0 Å². The third-order valence-electron chi connectivity index (χ3n) is 16.4. The van der Waals surface area contributed by atoms with E-state index in [0.29, 0.717) is 0 Å². The number of hydrogen-bond acceptors (Lipinski definition) is 11. The molecule has 99 heavy (non-hydrogen) atoms. The third kappa shape index (κ3) is 15.7. The van der Waals surface area contributed by atoms with Crippen LogP contribution in [-0.4, -0.2) is 24.9 Å². The number of nitrogens with one attached hydrogen (secondary N) is 2. The highest BCUT2D eigenvalue weighted by Gasteiger charge is 2.20. The zero-order valence-corrected chi connectivity index (χ0v) is 54.5. The second-order valence-electron chi connectivity index (χ2n) is 22.7. The molecule has 0 spiro atoms. The lowest BCUT2D eigenvalue weighted by Gasteiger charge is -2.01. The smallest absolute Gasteiger partial charge is 0.181 e. The number of nitrogens with zero attached hydrogens (tertiary/aromatic N) is 3. The summed E-state index contributed by atoms with van der Waals surface area (Å²) in [6, 6.07) is 87.0. The number of aromatic amines is 2. The number of pyridine rings is 1. The van der Waals surface area contributed by atoms with Crippen molar-refractivity contribution in [3.05, 3.63) is 369 Å². The van der Waals surface area contributed by atoms with Gasteiger partial charge in [0.25, 0.3) is 0 Å². The number of rotatable bonds is 0. The standard InChI is InChI=1S/C13H9N.C12H8O.C11H8O.C8H7N.C8H6O.C7H5NO.C7H5NS.C7H7N.C7H6O.C6H4O2/c1-2-6-12-10(4-1)7-8-11-5-3-9-14-13(11)12;1-3-7-11-9(5-1)10-6-2-4-8-12(10)13-11;1-2-4-10-8(3-1)7-9-5-6-12-11(9)10;2*1-2-4-8-7(3-1)5-6-9-8;2*1-2-4-7-6(3-1)8-5-9-7;2*1-2-6-4-5-8-7(6)3-1;1-3-7-6-2-4-8-5(1)6/h1-9H;1-8H;1-6H,7H2;1-6,9H;1-6H;2*1-5H;1,3-5,8H,2H2;1,3-5H,2H2;1-4H. The van der Waals surface area contributed by atoms with Crippen LogP contribution in [0.4, 0.5) is 0 Å². The summed E-state index contributed by atoms with van der Waals surface area (Å²) in [5, 5.41) is 8.50. The molecule has 3 aliphatic rings. The molecule has 0 bridgehead atoms. The summed E-state index contributed by atoms with van der Waals surface area (Å²) in [7, 11) is 0. The van der Waals surface area contributed by atoms with Gasteiger partial charge in [-0.15, -0.1) is 11.3 Å². The number of benzene rings is 9. The predicted molar refractivity (Wildman–Crippen MR) is 402 cm³/mol. The average Bonchev–Trinajstić information content (AvgIpc) is 1.72. The fourth-order valence-corrected chi connectivity index (χ4v) is 12.2. The van der Waals surface area contributed by atoms with Crippen molar-refractivity contribution in [3.63, 3.8) is 0 Å². The lowest BCUT2D eigenvalue weighted by molar-refractivity contribution is 0.556. The minimum Gasteiger partial charge on any atom is -0.465 e. The van der Waals surface area contributed by atoms with E-state index in [1.807, 2.05) is 164 Å². The van der Waals surface area contributed by atoms with E-state index < -0.39 is 0 Å². The summed E-state index contributed by atoms with van der Waals surface area (Å²) in [5.41, 5.74) is 19.5. The van der Waals surface area contributed by atoms with Crippen LogP contribution in [-0.2, 0) is 19.3 Å². The molecule has 11 aromatic heterocycles. The van der Waals surface area contributed by atoms with Crippen LogP contribution in [0.25, 0.3) is 121 Å². The van der Waals surface area contributed by atoms with Gasteiger partial charge in [0.15, 0.2) is 23.1 Å². The molecule has 0 radical (unpaired) electrons. The van der Waals surface area contributed by atoms with Gasteiger partial charge in [0.05, 0.1) is 52.6 Å². The molecule has 0 saturated heterocycles. The van der Waals surface area contributed by atoms with E-state index in [1.165, 1.54) is 82.4 Å². The summed E-state index contributed by atoms with van der Waals surface area (Å²) in [4.78, 5) is 18.7. The van der Waals surface area contributed by atoms with Crippen LogP contribution in [0.5, 0.6) is 0 Å². The molecule has 482 valence electrons. The largest absolute Gasteiger partial charge is 0.465 e. The number of hydrogen-bond donors (Lipinski definition) is 2. The van der Waals surface area contributed by atoms with Gasteiger partial charge in [-0.1, -0.05) is 176 Å². The number of oxazole rings is 1. The lowest BCUT2D eigenvalue weighted by Crippen LogP contribution is -1.79. The molecule has 20 aromatic rings. The van der Waals surface area contributed by atoms with Crippen LogP contribution in [0, 0.1) is 0 Å². The molecule has 11 heterocycles. The first-order valence-electron chi connectivity index (χ1n) is 32.3. The first kappa shape index (κ1) is 63.4. The van der Waals surface area contributed by atoms with Gasteiger partial charge in [0, 0.05) is 92.0 Å². The summed E-state index contributed by atoms with van der Waals surface area (Å²) < 4.78 is 37.5. The molecule has 0 unspecified atom stereocenters. The summed E-state index contributed by atoms with van der Waals surface area (Å²) in [5.74, 6) is 2.09. The lowest BCUT2D eigenvalue weighted by atomic mass is 10.1. The Balaban J connectivity index is 0.0000000944. The van der Waals surface area contributed by atoms with Gasteiger partial charge < -0.3 is 40.9 Å². The van der Waals surface area contributed by atoms with Crippen molar-refractivity contribution in [3.8, 4) is 11.3 Å². The van der Waals surface area contributed by atoms with E-state index in [-0.39, 0.29) is 0 Å². The van der Waals surface area contributed by atoms with Gasteiger partial charge in [-0.3, -0.25) is 4.98 Å². The minimum atomic E-state index is 0.810. The molecule has 3 aliphatic carbocycles. The minimum absolute atomic E-state index is 0.810. The molecule has 23 rings (SSSR count). The van der Waals surface area contributed by atoms with Gasteiger partial charge in [0.1, 0.15) is 33.8 Å². The number of fused-ring (bicyclic) bond motifs is 16. The highest BCUT2D eigenvalue weighted by atomic mass is 32.1. The van der Waals surface area contributed by atoms with Crippen molar-refractivity contribution in [1.29, 1.82) is 0 Å². The maximum Gasteiger partial charge on any atom is 0.181 e. The highest BCUT2D eigenvalue weighted by molar-refractivity contribution is 7.16. The van der Waals surface area contributed by atoms with Crippen molar-refractivity contribution in [1.82, 2.24) is 24.9 Å². The van der Waals surface area contributed by atoms with Crippen LogP contribution < -0.4 is 0 Å². The normalized spacial score (nSPS) is 11.4. The van der Waals surface area contributed by atoms with E-state index in [2.05, 4.69) is 158 Å². The van der Waals surface area contributed by atoms with Crippen molar-refractivity contribution < 1.29 is 30.9 Å². The second kappa shape index (κ2) is 31.5. The van der Waals surface area contributed by atoms with Crippen LogP contribution in [0.15, 0.2) is 366 Å². The number of para-hydroxylation sites is 7. The number of aromatic nitrogens is 5. The fourth-order valence-electron chi connectivity index (χ4n) is 11.5. The van der Waals surface area contributed by atoms with Crippen LogP contribution >= 0.6 is 11.3 Å². The Morgan fingerprint density at radius 2 is 0.960 bits per heavy atom. The topological polar surface area (TPSA) is 162 Å². The Bertz CT molecular complexity index is 5350. The van der Waals surface area contributed by atoms with Crippen LogP contribution in [0.1, 0.15) is 33.7 Å². The van der Waals surface area contributed by atoms with E-state index in [0.717, 1.165) is 86.2 Å². The van der Waals surface area contributed by atoms with Crippen LogP contribution in [0.2, 0.25) is 0 Å². The molecule has 0 aliphatic heterocycles. The zero-order chi connectivity index (χ0) is 66.6. The fraction of sp³-hybridized carbons (Fsp3) is 0.0349. The van der Waals surface area contributed by atoms with Gasteiger partial charge in [0.2, 0.25) is 0 Å². The molecule has 0 atom stereocenters. The second-order valence-corrected chi connectivity index (χ2v) is 23.6. The van der Waals surface area contributed by atoms with Crippen molar-refractivity contribution in [2.45, 2.75) is 19.3 Å². The van der Waals surface area contributed by atoms with Crippen molar-refractivity contribution in [2.75, 3.05) is 0 Å². The van der Waals surface area contributed by atoms with Gasteiger partial charge in [-0.2, -0.15) is 0 Å². The molecule has 9 aromatic carbocycles. The van der Waals surface area contributed by atoms with Gasteiger partial charge in [-0.05, 0) is 132 Å². The zero-order valence-electron chi connectivity index (χ0n) is 53.6. The molecule has 0 amide bonds. The van der Waals surface area contributed by atoms with Gasteiger partial charge in [-0.25, -0.2) is 9.97 Å². The first-order valence-corrected chi connectivity index (χ1v) is 33.2. The average molecular weight is 1310 g/mol. The Labute approximate surface area is 573 Å². The number of allylic oxidation sites excluding steroid dienone is 2. The van der Waals surface area contributed by atoms with E-state index in [4.69, 9.17) is 30.9 Å². The summed E-state index contributed by atoms with van der Waals surface area (Å²) >= 11 is 1.68. The maximum atomic E-state index is 5.65. The molecular formula is C86H65N5O7S. The maximum absolute atomic E-state index is 5.65. The molecule has 0 fully saturated rings. The Kier molecular flexibility index (Phi) is 20.2. The Hall–Kier alpha value is -13.0. The molecule has 13 heteroatoms. The first-order chi connectivity index (χ1) is 49.1. The Morgan fingerprint density at radius 1 is 0.354 bits per heavy atom. The summed E-state index contributed by atoms with van der Waals surface area (Å²) in [6.07, 6.45) is 27.2. The molecule has 12 nitrogen and oxygen atoms in total. The van der Waals surface area contributed by atoms with Crippen molar-refractivity contribution in [2.24, 2.45) is 0 Å². The molecule has 0 saturated carbocycles. The molecule has 2 N–H and O–H groups in total. The monoisotopic (exact) mass is 1310 g/mol. The highest BCUT2D eigenvalue weighted by Crippen LogP contribution is 2.37. The molecular weight excluding hydrogens is 1250 g/mol. The van der Waals surface area contributed by atoms with Crippen molar-refractivity contribution >= 4 is 121 Å². The van der Waals surface area contributed by atoms with Gasteiger partial charge >= 0.3 is 0 Å². The third-order valence-corrected chi connectivity index (χ3v) is 17.2.